The first-order valence-electron chi connectivity index (χ1n) is 7.13. The first-order valence-corrected chi connectivity index (χ1v) is 7.13. The fourth-order valence-corrected chi connectivity index (χ4v) is 3.39. The molecule has 0 amide bonds. The standard InChI is InChI=1S/C13H23N5/c1-14-12(11-4-2-3-5-11)8-17-6-7-18-10-15-16-13(18)9-17/h10-12,14H,2-9H2,1H3. The van der Waals surface area contributed by atoms with E-state index in [1.165, 1.54) is 25.7 Å². The fourth-order valence-electron chi connectivity index (χ4n) is 3.39. The van der Waals surface area contributed by atoms with Crippen LogP contribution in [0, 0.1) is 5.92 Å². The SMILES string of the molecule is CNC(CN1CCn2cnnc2C1)C1CCCC1. The van der Waals surface area contributed by atoms with Crippen molar-refractivity contribution in [2.24, 2.45) is 5.92 Å². The van der Waals surface area contributed by atoms with Crippen LogP contribution in [0.15, 0.2) is 6.33 Å². The third-order valence-corrected chi connectivity index (χ3v) is 4.51. The number of nitrogens with one attached hydrogen (secondary N) is 1. The molecule has 0 bridgehead atoms. The molecule has 1 atom stereocenters. The summed E-state index contributed by atoms with van der Waals surface area (Å²) in [7, 11) is 2.11. The van der Waals surface area contributed by atoms with Crippen molar-refractivity contribution in [3.8, 4) is 0 Å². The maximum Gasteiger partial charge on any atom is 0.147 e. The molecule has 0 aromatic carbocycles. The highest BCUT2D eigenvalue weighted by molar-refractivity contribution is 4.92. The zero-order valence-electron chi connectivity index (χ0n) is 11.2. The summed E-state index contributed by atoms with van der Waals surface area (Å²) in [6.45, 7) is 4.25. The first kappa shape index (κ1) is 12.1. The maximum atomic E-state index is 4.19. The second-order valence-electron chi connectivity index (χ2n) is 5.62. The van der Waals surface area contributed by atoms with E-state index in [4.69, 9.17) is 0 Å². The Hall–Kier alpha value is -0.940. The van der Waals surface area contributed by atoms with E-state index < -0.39 is 0 Å². The quantitative estimate of drug-likeness (QED) is 0.860. The summed E-state index contributed by atoms with van der Waals surface area (Å²) in [6.07, 6.45) is 7.47. The van der Waals surface area contributed by atoms with Gasteiger partial charge in [-0.25, -0.2) is 0 Å². The van der Waals surface area contributed by atoms with Crippen molar-refractivity contribution in [2.45, 2.75) is 44.8 Å². The lowest BCUT2D eigenvalue weighted by atomic mass is 9.97. The van der Waals surface area contributed by atoms with Crippen LogP contribution in [0.5, 0.6) is 0 Å². The Bertz CT molecular complexity index is 382. The molecule has 100 valence electrons. The molecule has 1 saturated carbocycles. The number of rotatable bonds is 4. The van der Waals surface area contributed by atoms with E-state index in [0.29, 0.717) is 6.04 Å². The number of aromatic nitrogens is 3. The molecule has 0 spiro atoms. The zero-order chi connectivity index (χ0) is 12.4. The highest BCUT2D eigenvalue weighted by Crippen LogP contribution is 2.28. The summed E-state index contributed by atoms with van der Waals surface area (Å²) in [5.41, 5.74) is 0. The average molecular weight is 249 g/mol. The second kappa shape index (κ2) is 5.36. The van der Waals surface area contributed by atoms with Gasteiger partial charge in [0.1, 0.15) is 12.2 Å². The molecule has 18 heavy (non-hydrogen) atoms. The monoisotopic (exact) mass is 249 g/mol. The van der Waals surface area contributed by atoms with Gasteiger partial charge in [-0.05, 0) is 25.8 Å². The number of nitrogens with zero attached hydrogens (tertiary/aromatic N) is 4. The Kier molecular flexibility index (Phi) is 3.61. The molecule has 1 aromatic rings. The van der Waals surface area contributed by atoms with Gasteiger partial charge in [-0.15, -0.1) is 10.2 Å². The van der Waals surface area contributed by atoms with Crippen molar-refractivity contribution >= 4 is 0 Å². The van der Waals surface area contributed by atoms with Gasteiger partial charge in [0.15, 0.2) is 0 Å². The van der Waals surface area contributed by atoms with E-state index >= 15 is 0 Å². The number of fused-ring (bicyclic) bond motifs is 1. The van der Waals surface area contributed by atoms with E-state index in [1.54, 1.807) is 0 Å². The average Bonchev–Trinajstić information content (AvgIpc) is 3.06. The Morgan fingerprint density at radius 1 is 1.39 bits per heavy atom. The number of hydrogen-bond donors (Lipinski definition) is 1. The van der Waals surface area contributed by atoms with Gasteiger partial charge < -0.3 is 9.88 Å². The molecule has 5 nitrogen and oxygen atoms in total. The minimum atomic E-state index is 0.641. The number of likely N-dealkylation sites (N-methyl/N-ethyl adjacent to an activating group) is 1. The predicted octanol–water partition coefficient (Wildman–Crippen LogP) is 0.872. The van der Waals surface area contributed by atoms with E-state index in [-0.39, 0.29) is 0 Å². The molecule has 5 heteroatoms. The van der Waals surface area contributed by atoms with Crippen LogP contribution in [-0.4, -0.2) is 45.8 Å². The first-order chi connectivity index (χ1) is 8.86. The van der Waals surface area contributed by atoms with Crippen LogP contribution >= 0.6 is 0 Å². The Labute approximate surface area is 109 Å². The summed E-state index contributed by atoms with van der Waals surface area (Å²) in [5.74, 6) is 1.98. The molecular formula is C13H23N5. The van der Waals surface area contributed by atoms with Gasteiger partial charge >= 0.3 is 0 Å². The minimum Gasteiger partial charge on any atom is -0.315 e. The molecule has 1 fully saturated rings. The topological polar surface area (TPSA) is 46.0 Å². The van der Waals surface area contributed by atoms with Crippen LogP contribution in [0.3, 0.4) is 0 Å². The van der Waals surface area contributed by atoms with Crippen LogP contribution in [0.4, 0.5) is 0 Å². The maximum absolute atomic E-state index is 4.19. The molecule has 0 saturated heterocycles. The van der Waals surface area contributed by atoms with Crippen LogP contribution < -0.4 is 5.32 Å². The van der Waals surface area contributed by atoms with Crippen LogP contribution in [0.2, 0.25) is 0 Å². The minimum absolute atomic E-state index is 0.641. The third-order valence-electron chi connectivity index (χ3n) is 4.51. The molecule has 1 aromatic heterocycles. The van der Waals surface area contributed by atoms with E-state index in [1.807, 2.05) is 6.33 Å². The Balaban J connectivity index is 1.59. The van der Waals surface area contributed by atoms with Crippen molar-refractivity contribution in [2.75, 3.05) is 20.1 Å². The molecule has 1 N–H and O–H groups in total. The van der Waals surface area contributed by atoms with Gasteiger partial charge in [-0.2, -0.15) is 0 Å². The fraction of sp³-hybridized carbons (Fsp3) is 0.846. The van der Waals surface area contributed by atoms with Crippen molar-refractivity contribution in [1.82, 2.24) is 25.0 Å². The smallest absolute Gasteiger partial charge is 0.147 e. The van der Waals surface area contributed by atoms with Gasteiger partial charge in [-0.3, -0.25) is 4.90 Å². The lowest BCUT2D eigenvalue weighted by molar-refractivity contribution is 0.175. The van der Waals surface area contributed by atoms with Crippen molar-refractivity contribution < 1.29 is 0 Å². The van der Waals surface area contributed by atoms with E-state index in [9.17, 15) is 0 Å². The van der Waals surface area contributed by atoms with Crippen molar-refractivity contribution in [1.29, 1.82) is 0 Å². The highest BCUT2D eigenvalue weighted by atomic mass is 15.3. The van der Waals surface area contributed by atoms with Crippen LogP contribution in [-0.2, 0) is 13.1 Å². The largest absolute Gasteiger partial charge is 0.315 e. The predicted molar refractivity (Wildman–Crippen MR) is 70.1 cm³/mol. The second-order valence-corrected chi connectivity index (χ2v) is 5.62. The van der Waals surface area contributed by atoms with Gasteiger partial charge in [-0.1, -0.05) is 12.8 Å². The Morgan fingerprint density at radius 2 is 2.22 bits per heavy atom. The highest BCUT2D eigenvalue weighted by Gasteiger charge is 2.27. The summed E-state index contributed by atoms with van der Waals surface area (Å²) >= 11 is 0. The third kappa shape index (κ3) is 2.42. The molecular weight excluding hydrogens is 226 g/mol. The van der Waals surface area contributed by atoms with Crippen molar-refractivity contribution in [3.63, 3.8) is 0 Å². The molecule has 2 heterocycles. The molecule has 1 aliphatic carbocycles. The van der Waals surface area contributed by atoms with Crippen molar-refractivity contribution in [3.05, 3.63) is 12.2 Å². The zero-order valence-corrected chi connectivity index (χ0v) is 11.2. The van der Waals surface area contributed by atoms with Crippen LogP contribution in [0.25, 0.3) is 0 Å². The lowest BCUT2D eigenvalue weighted by Crippen LogP contribution is -2.46. The summed E-state index contributed by atoms with van der Waals surface area (Å²) in [6, 6.07) is 0.641. The molecule has 3 rings (SSSR count). The molecule has 0 radical (unpaired) electrons. The van der Waals surface area contributed by atoms with Gasteiger partial charge in [0.05, 0.1) is 6.54 Å². The summed E-state index contributed by atoms with van der Waals surface area (Å²) in [5, 5.41) is 11.7. The summed E-state index contributed by atoms with van der Waals surface area (Å²) < 4.78 is 2.17. The van der Waals surface area contributed by atoms with Gasteiger partial charge in [0, 0.05) is 25.7 Å². The van der Waals surface area contributed by atoms with Gasteiger partial charge in [0.2, 0.25) is 0 Å². The molecule has 1 unspecified atom stereocenters. The lowest BCUT2D eigenvalue weighted by Gasteiger charge is -2.32. The van der Waals surface area contributed by atoms with E-state index in [0.717, 1.165) is 37.9 Å². The van der Waals surface area contributed by atoms with Crippen LogP contribution in [0.1, 0.15) is 31.5 Å². The Morgan fingerprint density at radius 3 is 3.00 bits per heavy atom. The normalized spacial score (nSPS) is 23.2. The molecule has 2 aliphatic rings. The van der Waals surface area contributed by atoms with E-state index in [2.05, 4.69) is 32.0 Å². The number of hydrogen-bond acceptors (Lipinski definition) is 4. The molecule has 1 aliphatic heterocycles. The van der Waals surface area contributed by atoms with Gasteiger partial charge in [0.25, 0.3) is 0 Å². The summed E-state index contributed by atoms with van der Waals surface area (Å²) in [4.78, 5) is 2.52.